The third-order valence-corrected chi connectivity index (χ3v) is 3.19. The van der Waals surface area contributed by atoms with Gasteiger partial charge in [-0.15, -0.1) is 0 Å². The summed E-state index contributed by atoms with van der Waals surface area (Å²) in [5.74, 6) is 0. The fraction of sp³-hybridized carbons (Fsp3) is 0.500. The van der Waals surface area contributed by atoms with E-state index >= 15 is 0 Å². The van der Waals surface area contributed by atoms with Crippen molar-refractivity contribution in [1.82, 2.24) is 0 Å². The van der Waals surface area contributed by atoms with E-state index in [1.807, 2.05) is 19.1 Å². The molecule has 2 rings (SSSR count). The molecule has 1 aliphatic rings. The normalized spacial score (nSPS) is 16.3. The molecule has 1 fully saturated rings. The summed E-state index contributed by atoms with van der Waals surface area (Å²) in [6.07, 6.45) is 3.04. The summed E-state index contributed by atoms with van der Waals surface area (Å²) < 4.78 is 0. The molecule has 0 saturated heterocycles. The van der Waals surface area contributed by atoms with Gasteiger partial charge in [0.2, 0.25) is 0 Å². The molecule has 1 aliphatic carbocycles. The average Bonchev–Trinajstić information content (AvgIpc) is 3.14. The van der Waals surface area contributed by atoms with Gasteiger partial charge in [-0.05, 0) is 31.4 Å². The first kappa shape index (κ1) is 11.9. The molecule has 1 aromatic carbocycles. The lowest BCUT2D eigenvalue weighted by atomic mass is 10.1. The number of para-hydroxylation sites is 1. The van der Waals surface area contributed by atoms with E-state index in [9.17, 15) is 0 Å². The molecule has 1 aromatic rings. The van der Waals surface area contributed by atoms with Crippen LogP contribution in [0.4, 0.5) is 5.69 Å². The molecule has 90 valence electrons. The number of hydrogen-bond acceptors (Lipinski definition) is 3. The van der Waals surface area contributed by atoms with E-state index in [1.165, 1.54) is 24.1 Å². The van der Waals surface area contributed by atoms with E-state index in [0.29, 0.717) is 12.5 Å². The van der Waals surface area contributed by atoms with Gasteiger partial charge in [-0.2, -0.15) is 5.26 Å². The lowest BCUT2D eigenvalue weighted by molar-refractivity contribution is 0.759. The quantitative estimate of drug-likeness (QED) is 0.844. The van der Waals surface area contributed by atoms with Crippen molar-refractivity contribution in [1.29, 1.82) is 5.26 Å². The van der Waals surface area contributed by atoms with E-state index in [2.05, 4.69) is 23.1 Å². The highest BCUT2D eigenvalue weighted by Crippen LogP contribution is 2.35. The number of hydrogen-bond donors (Lipinski definition) is 1. The Balaban J connectivity index is 2.25. The second kappa shape index (κ2) is 5.20. The Kier molecular flexibility index (Phi) is 3.65. The predicted molar refractivity (Wildman–Crippen MR) is 69.6 cm³/mol. The van der Waals surface area contributed by atoms with Crippen LogP contribution in [-0.2, 0) is 0 Å². The highest BCUT2D eigenvalue weighted by molar-refractivity contribution is 5.56. The molecular weight excluding hydrogens is 210 g/mol. The lowest BCUT2D eigenvalue weighted by Crippen LogP contribution is -2.28. The van der Waals surface area contributed by atoms with Crippen LogP contribution in [-0.4, -0.2) is 12.6 Å². The number of nitriles is 1. The Morgan fingerprint density at radius 2 is 2.18 bits per heavy atom. The summed E-state index contributed by atoms with van der Waals surface area (Å²) in [5.41, 5.74) is 8.40. The van der Waals surface area contributed by atoms with Crippen molar-refractivity contribution >= 4 is 5.69 Å². The van der Waals surface area contributed by atoms with E-state index in [4.69, 9.17) is 11.0 Å². The molecule has 0 heterocycles. The van der Waals surface area contributed by atoms with Crippen molar-refractivity contribution in [2.75, 3.05) is 11.4 Å². The van der Waals surface area contributed by atoms with Crippen LogP contribution in [0.2, 0.25) is 0 Å². The van der Waals surface area contributed by atoms with Crippen molar-refractivity contribution < 1.29 is 0 Å². The third kappa shape index (κ3) is 2.78. The third-order valence-electron chi connectivity index (χ3n) is 3.19. The van der Waals surface area contributed by atoms with Crippen LogP contribution < -0.4 is 10.6 Å². The monoisotopic (exact) mass is 229 g/mol. The molecular formula is C14H19N3. The molecule has 1 atom stereocenters. The highest BCUT2D eigenvalue weighted by atomic mass is 15.2. The van der Waals surface area contributed by atoms with E-state index in [0.717, 1.165) is 6.54 Å². The van der Waals surface area contributed by atoms with Gasteiger partial charge in [-0.25, -0.2) is 0 Å². The van der Waals surface area contributed by atoms with Gasteiger partial charge in [-0.3, -0.25) is 0 Å². The molecule has 3 heteroatoms. The topological polar surface area (TPSA) is 53.0 Å². The smallest absolute Gasteiger partial charge is 0.0640 e. The van der Waals surface area contributed by atoms with Crippen molar-refractivity contribution in [3.05, 3.63) is 29.8 Å². The first-order valence-corrected chi connectivity index (χ1v) is 6.22. The van der Waals surface area contributed by atoms with Gasteiger partial charge in [-0.1, -0.05) is 18.2 Å². The summed E-state index contributed by atoms with van der Waals surface area (Å²) in [6, 6.07) is 11.2. The zero-order valence-electron chi connectivity index (χ0n) is 10.3. The number of nitrogens with two attached hydrogens (primary N) is 1. The molecule has 1 unspecified atom stereocenters. The summed E-state index contributed by atoms with van der Waals surface area (Å²) in [7, 11) is 0. The maximum absolute atomic E-state index is 8.74. The highest BCUT2D eigenvalue weighted by Gasteiger charge is 2.30. The van der Waals surface area contributed by atoms with Gasteiger partial charge in [0, 0.05) is 24.3 Å². The SMILES string of the molecule is CC(N)c1ccccc1N(CCC#N)C1CC1. The van der Waals surface area contributed by atoms with Crippen LogP contribution in [0.25, 0.3) is 0 Å². The van der Waals surface area contributed by atoms with E-state index in [1.54, 1.807) is 0 Å². The summed E-state index contributed by atoms with van der Waals surface area (Å²) in [4.78, 5) is 2.35. The standard InChI is InChI=1S/C14H19N3/c1-11(16)13-5-2-3-6-14(13)17(10-4-9-15)12-7-8-12/h2-3,5-6,11-12H,4,7-8,10,16H2,1H3. The number of benzene rings is 1. The molecule has 0 radical (unpaired) electrons. The largest absolute Gasteiger partial charge is 0.367 e. The zero-order chi connectivity index (χ0) is 12.3. The summed E-state index contributed by atoms with van der Waals surface area (Å²) >= 11 is 0. The molecule has 2 N–H and O–H groups in total. The Morgan fingerprint density at radius 1 is 1.47 bits per heavy atom. The number of rotatable bonds is 5. The minimum Gasteiger partial charge on any atom is -0.367 e. The maximum Gasteiger partial charge on any atom is 0.0640 e. The second-order valence-electron chi connectivity index (χ2n) is 4.68. The number of anilines is 1. The van der Waals surface area contributed by atoms with Crippen molar-refractivity contribution in [3.8, 4) is 6.07 Å². The molecule has 0 aromatic heterocycles. The molecule has 0 spiro atoms. The van der Waals surface area contributed by atoms with Crippen LogP contribution in [0.5, 0.6) is 0 Å². The fourth-order valence-corrected chi connectivity index (χ4v) is 2.19. The van der Waals surface area contributed by atoms with E-state index < -0.39 is 0 Å². The molecule has 0 amide bonds. The Bertz CT molecular complexity index is 416. The van der Waals surface area contributed by atoms with E-state index in [-0.39, 0.29) is 6.04 Å². The predicted octanol–water partition coefficient (Wildman–Crippen LogP) is 2.59. The minimum absolute atomic E-state index is 0.0366. The van der Waals surface area contributed by atoms with Gasteiger partial charge in [0.1, 0.15) is 0 Å². The first-order chi connectivity index (χ1) is 8.24. The Labute approximate surface area is 103 Å². The van der Waals surface area contributed by atoms with Gasteiger partial charge < -0.3 is 10.6 Å². The maximum atomic E-state index is 8.74. The average molecular weight is 229 g/mol. The van der Waals surface area contributed by atoms with Gasteiger partial charge in [0.15, 0.2) is 0 Å². The first-order valence-electron chi connectivity index (χ1n) is 6.22. The second-order valence-corrected chi connectivity index (χ2v) is 4.68. The fourth-order valence-electron chi connectivity index (χ4n) is 2.19. The molecule has 3 nitrogen and oxygen atoms in total. The summed E-state index contributed by atoms with van der Waals surface area (Å²) in [6.45, 7) is 2.82. The van der Waals surface area contributed by atoms with Crippen molar-refractivity contribution in [3.63, 3.8) is 0 Å². The number of nitrogens with zero attached hydrogens (tertiary/aromatic N) is 2. The Hall–Kier alpha value is -1.53. The van der Waals surface area contributed by atoms with Crippen LogP contribution in [0, 0.1) is 11.3 Å². The van der Waals surface area contributed by atoms with Gasteiger partial charge in [0.05, 0.1) is 12.5 Å². The van der Waals surface area contributed by atoms with Crippen LogP contribution in [0.15, 0.2) is 24.3 Å². The molecule has 1 saturated carbocycles. The molecule has 0 aliphatic heterocycles. The van der Waals surface area contributed by atoms with Crippen LogP contribution >= 0.6 is 0 Å². The van der Waals surface area contributed by atoms with Crippen LogP contribution in [0.3, 0.4) is 0 Å². The van der Waals surface area contributed by atoms with Gasteiger partial charge in [0.25, 0.3) is 0 Å². The molecule has 0 bridgehead atoms. The van der Waals surface area contributed by atoms with Crippen molar-refractivity contribution in [2.45, 2.75) is 38.3 Å². The minimum atomic E-state index is 0.0366. The zero-order valence-corrected chi connectivity index (χ0v) is 10.3. The summed E-state index contributed by atoms with van der Waals surface area (Å²) in [5, 5.41) is 8.74. The lowest BCUT2D eigenvalue weighted by Gasteiger charge is -2.27. The molecule has 17 heavy (non-hydrogen) atoms. The van der Waals surface area contributed by atoms with Crippen LogP contribution in [0.1, 0.15) is 37.8 Å². The van der Waals surface area contributed by atoms with Gasteiger partial charge >= 0.3 is 0 Å². The van der Waals surface area contributed by atoms with Crippen molar-refractivity contribution in [2.24, 2.45) is 5.73 Å². The Morgan fingerprint density at radius 3 is 2.76 bits per heavy atom.